The Hall–Kier alpha value is -3.63. The molecular weight excluding hydrogens is 598 g/mol. The topological polar surface area (TPSA) is 183 Å². The number of fused-ring (bicyclic) bond motifs is 4. The molecule has 3 amide bonds. The third-order valence-electron chi connectivity index (χ3n) is 10.2. The van der Waals surface area contributed by atoms with Crippen molar-refractivity contribution < 1.29 is 39.2 Å². The zero-order valence-corrected chi connectivity index (χ0v) is 25.5. The molecule has 2 aromatic rings. The molecule has 1 aromatic carbocycles. The van der Waals surface area contributed by atoms with E-state index < -0.39 is 60.5 Å². The monoisotopic (exact) mass is 639 g/mol. The van der Waals surface area contributed by atoms with E-state index in [0.29, 0.717) is 30.5 Å². The number of nitrogens with one attached hydrogen (secondary N) is 1. The van der Waals surface area contributed by atoms with Crippen LogP contribution in [0.25, 0.3) is 0 Å². The lowest BCUT2D eigenvalue weighted by Gasteiger charge is -2.48. The first-order valence-corrected chi connectivity index (χ1v) is 16.2. The Bertz CT molecular complexity index is 1420. The average molecular weight is 640 g/mol. The van der Waals surface area contributed by atoms with Gasteiger partial charge in [0.25, 0.3) is 5.91 Å². The minimum absolute atomic E-state index is 0.165. The van der Waals surface area contributed by atoms with E-state index in [1.165, 1.54) is 9.80 Å². The highest BCUT2D eigenvalue weighted by molar-refractivity contribution is 5.94. The third-order valence-corrected chi connectivity index (χ3v) is 10.2. The Labute approximate surface area is 266 Å². The van der Waals surface area contributed by atoms with Crippen LogP contribution in [-0.2, 0) is 25.7 Å². The zero-order chi connectivity index (χ0) is 31.9. The summed E-state index contributed by atoms with van der Waals surface area (Å²) >= 11 is 0. The molecule has 5 aliphatic rings. The van der Waals surface area contributed by atoms with Crippen molar-refractivity contribution in [1.82, 2.24) is 35.0 Å². The minimum Gasteiger partial charge on any atom is -0.487 e. The fraction of sp³-hybridized carbons (Fsp3) is 0.645. The number of hydrogen-bond acceptors (Lipinski definition) is 11. The van der Waals surface area contributed by atoms with Gasteiger partial charge in [0.1, 0.15) is 54.5 Å². The lowest BCUT2D eigenvalue weighted by Crippen LogP contribution is -2.69. The molecule has 15 heteroatoms. The summed E-state index contributed by atoms with van der Waals surface area (Å²) < 4.78 is 13.3. The van der Waals surface area contributed by atoms with E-state index in [9.17, 15) is 29.7 Å². The van der Waals surface area contributed by atoms with Gasteiger partial charge < -0.3 is 39.9 Å². The number of amides is 3. The van der Waals surface area contributed by atoms with Crippen LogP contribution in [-0.4, -0.2) is 144 Å². The lowest BCUT2D eigenvalue weighted by molar-refractivity contribution is -0.225. The van der Waals surface area contributed by atoms with Crippen molar-refractivity contribution in [3.63, 3.8) is 0 Å². The molecule has 46 heavy (non-hydrogen) atoms. The van der Waals surface area contributed by atoms with Crippen LogP contribution >= 0.6 is 0 Å². The van der Waals surface area contributed by atoms with E-state index in [0.717, 1.165) is 25.7 Å². The summed E-state index contributed by atoms with van der Waals surface area (Å²) in [5.74, 6) is -0.789. The van der Waals surface area contributed by atoms with Gasteiger partial charge >= 0.3 is 0 Å². The maximum atomic E-state index is 14.5. The van der Waals surface area contributed by atoms with Gasteiger partial charge in [-0.2, -0.15) is 0 Å². The molecule has 1 aromatic heterocycles. The van der Waals surface area contributed by atoms with Crippen molar-refractivity contribution in [2.45, 2.75) is 93.4 Å². The molecule has 8 atom stereocenters. The molecule has 4 aliphatic heterocycles. The number of hydrogen-bond donors (Lipinski definition) is 4. The molecule has 5 heterocycles. The van der Waals surface area contributed by atoms with E-state index in [1.807, 2.05) is 30.3 Å². The van der Waals surface area contributed by atoms with Gasteiger partial charge in [-0.15, -0.1) is 5.10 Å². The zero-order valence-electron chi connectivity index (χ0n) is 25.5. The van der Waals surface area contributed by atoms with E-state index in [-0.39, 0.29) is 38.7 Å². The summed E-state index contributed by atoms with van der Waals surface area (Å²) in [5, 5.41) is 43.5. The first kappa shape index (κ1) is 31.0. The first-order chi connectivity index (χ1) is 22.3. The molecule has 15 nitrogen and oxygen atoms in total. The van der Waals surface area contributed by atoms with Crippen LogP contribution in [0, 0.1) is 0 Å². The summed E-state index contributed by atoms with van der Waals surface area (Å²) in [4.78, 5) is 47.7. The SMILES string of the molecule is O=C1NC[C@@H]2O[C@H](C(=O)N3CCN(C4CCCC4)C[C@H]3C(=O)N3CC[C@@H](n4cc(COc5ccccc5)nn4)[C@@H]13)[C@H](O)[C@H](O)[C@H]2O. The van der Waals surface area contributed by atoms with Crippen molar-refractivity contribution in [3.8, 4) is 5.75 Å². The van der Waals surface area contributed by atoms with Gasteiger partial charge in [0.2, 0.25) is 11.8 Å². The molecule has 7 rings (SSSR count). The highest BCUT2D eigenvalue weighted by Gasteiger charge is 2.53. The molecule has 0 spiro atoms. The largest absolute Gasteiger partial charge is 0.487 e. The van der Waals surface area contributed by atoms with E-state index in [1.54, 1.807) is 10.9 Å². The van der Waals surface area contributed by atoms with Gasteiger partial charge in [-0.05, 0) is 31.4 Å². The highest BCUT2D eigenvalue weighted by atomic mass is 16.5. The van der Waals surface area contributed by atoms with Gasteiger partial charge in [-0.3, -0.25) is 19.3 Å². The molecular formula is C31H41N7O8. The van der Waals surface area contributed by atoms with Crippen LogP contribution in [0.1, 0.15) is 43.8 Å². The van der Waals surface area contributed by atoms with Gasteiger partial charge in [0.15, 0.2) is 6.10 Å². The van der Waals surface area contributed by atoms with Gasteiger partial charge in [0, 0.05) is 38.8 Å². The molecule has 5 fully saturated rings. The molecule has 0 radical (unpaired) electrons. The fourth-order valence-electron chi connectivity index (χ4n) is 7.70. The number of piperazine rings is 1. The molecule has 1 aliphatic carbocycles. The Morgan fingerprint density at radius 2 is 1.70 bits per heavy atom. The molecule has 248 valence electrons. The second kappa shape index (κ2) is 12.9. The number of para-hydroxylation sites is 1. The normalized spacial score (nSPS) is 34.5. The molecule has 0 unspecified atom stereocenters. The average Bonchev–Trinajstić information content (AvgIpc) is 3.87. The van der Waals surface area contributed by atoms with Crippen LogP contribution < -0.4 is 10.1 Å². The Balaban J connectivity index is 1.19. The maximum Gasteiger partial charge on any atom is 0.255 e. The van der Waals surface area contributed by atoms with E-state index in [4.69, 9.17) is 9.47 Å². The Kier molecular flexibility index (Phi) is 8.67. The standard InChI is InChI=1S/C31H41N7O8/c39-25-23-14-32-29(42)24-21(38-15-18(33-34-38)17-45-20-8-2-1-3-9-20)10-11-37(24)30(43)22-16-35(19-6-4-5-7-19)12-13-36(22)31(44)28(46-23)27(41)26(25)40/h1-3,8-9,15,19,21-28,39-41H,4-7,10-14,16-17H2,(H,32,42)/t21-,22+,23+,24+,25+,26-,27-,28+/m1/s1. The van der Waals surface area contributed by atoms with Crippen LogP contribution in [0.5, 0.6) is 5.75 Å². The number of ether oxygens (including phenoxy) is 2. The van der Waals surface area contributed by atoms with Crippen molar-refractivity contribution in [1.29, 1.82) is 0 Å². The summed E-state index contributed by atoms with van der Waals surface area (Å²) in [6.07, 6.45) is -1.20. The smallest absolute Gasteiger partial charge is 0.255 e. The predicted octanol–water partition coefficient (Wildman–Crippen LogP) is -1.57. The third kappa shape index (κ3) is 5.74. The summed E-state index contributed by atoms with van der Waals surface area (Å²) in [6.45, 7) is 1.24. The fourth-order valence-corrected chi connectivity index (χ4v) is 7.70. The number of rotatable bonds is 5. The van der Waals surface area contributed by atoms with Crippen molar-refractivity contribution in [2.75, 3.05) is 32.7 Å². The predicted molar refractivity (Wildman–Crippen MR) is 159 cm³/mol. The molecule has 4 N–H and O–H groups in total. The van der Waals surface area contributed by atoms with Gasteiger partial charge in [-0.25, -0.2) is 4.68 Å². The lowest BCUT2D eigenvalue weighted by atomic mass is 9.93. The number of carbonyl (C=O) groups excluding carboxylic acids is 3. The number of aliphatic hydroxyl groups excluding tert-OH is 3. The van der Waals surface area contributed by atoms with Crippen LogP contribution in [0.4, 0.5) is 0 Å². The summed E-state index contributed by atoms with van der Waals surface area (Å²) in [5.41, 5.74) is 0.552. The summed E-state index contributed by atoms with van der Waals surface area (Å²) in [7, 11) is 0. The van der Waals surface area contributed by atoms with Crippen LogP contribution in [0.3, 0.4) is 0 Å². The maximum absolute atomic E-state index is 14.5. The second-order valence-electron chi connectivity index (χ2n) is 12.9. The van der Waals surface area contributed by atoms with Crippen LogP contribution in [0.15, 0.2) is 36.5 Å². The summed E-state index contributed by atoms with van der Waals surface area (Å²) in [6, 6.07) is 7.14. The second-order valence-corrected chi connectivity index (χ2v) is 12.9. The molecule has 4 saturated heterocycles. The number of aliphatic hydroxyl groups is 3. The van der Waals surface area contributed by atoms with Crippen LogP contribution in [0.2, 0.25) is 0 Å². The van der Waals surface area contributed by atoms with Crippen molar-refractivity contribution in [2.24, 2.45) is 0 Å². The molecule has 2 bridgehead atoms. The number of carbonyl (C=O) groups is 3. The van der Waals surface area contributed by atoms with Crippen molar-refractivity contribution in [3.05, 3.63) is 42.2 Å². The molecule has 1 saturated carbocycles. The van der Waals surface area contributed by atoms with Crippen molar-refractivity contribution >= 4 is 17.7 Å². The highest BCUT2D eigenvalue weighted by Crippen LogP contribution is 2.34. The van der Waals surface area contributed by atoms with Gasteiger partial charge in [-0.1, -0.05) is 36.3 Å². The quantitative estimate of drug-likeness (QED) is 0.297. The van der Waals surface area contributed by atoms with E-state index in [2.05, 4.69) is 20.5 Å². The number of benzene rings is 1. The van der Waals surface area contributed by atoms with E-state index >= 15 is 0 Å². The van der Waals surface area contributed by atoms with Gasteiger partial charge in [0.05, 0.1) is 12.2 Å². The first-order valence-electron chi connectivity index (χ1n) is 16.2. The number of nitrogens with zero attached hydrogens (tertiary/aromatic N) is 6. The number of aromatic nitrogens is 3. The minimum atomic E-state index is -1.70. The Morgan fingerprint density at radius 1 is 0.913 bits per heavy atom. The Morgan fingerprint density at radius 3 is 2.48 bits per heavy atom.